The van der Waals surface area contributed by atoms with Crippen molar-refractivity contribution >= 4 is 51.6 Å². The van der Waals surface area contributed by atoms with Gasteiger partial charge in [-0.1, -0.05) is 15.9 Å². The van der Waals surface area contributed by atoms with Crippen molar-refractivity contribution in [3.05, 3.63) is 28.7 Å². The van der Waals surface area contributed by atoms with Gasteiger partial charge in [-0.25, -0.2) is 0 Å². The maximum absolute atomic E-state index is 4.85. The summed E-state index contributed by atoms with van der Waals surface area (Å²) in [4.78, 5) is 9.72. The molecular weight excluding hydrogens is 505 g/mol. The summed E-state index contributed by atoms with van der Waals surface area (Å²) < 4.78 is 1.13. The smallest absolute Gasteiger partial charge is 0.191 e. The Morgan fingerprint density at radius 2 is 2.00 bits per heavy atom. The van der Waals surface area contributed by atoms with Crippen LogP contribution in [0.4, 0.5) is 5.69 Å². The van der Waals surface area contributed by atoms with Gasteiger partial charge in [-0.3, -0.25) is 4.99 Å². The Balaban J connectivity index is 0.00000243. The Hall–Kier alpha value is -0.540. The molecule has 0 spiro atoms. The SMILES string of the molecule is CCNC(=NCC1CCCN1C)NC1CCN(c2ccc(Br)cc2)C1.I. The second-order valence-corrected chi connectivity index (χ2v) is 7.96. The number of guanidine groups is 1. The van der Waals surface area contributed by atoms with E-state index in [2.05, 4.69) is 74.6 Å². The molecule has 2 atom stereocenters. The van der Waals surface area contributed by atoms with Crippen molar-refractivity contribution in [3.8, 4) is 0 Å². The van der Waals surface area contributed by atoms with Crippen LogP contribution in [0.1, 0.15) is 26.2 Å². The summed E-state index contributed by atoms with van der Waals surface area (Å²) in [5.74, 6) is 0.963. The summed E-state index contributed by atoms with van der Waals surface area (Å²) in [6.45, 7) is 7.22. The van der Waals surface area contributed by atoms with Gasteiger partial charge in [0.25, 0.3) is 0 Å². The number of nitrogens with one attached hydrogen (secondary N) is 2. The summed E-state index contributed by atoms with van der Waals surface area (Å²) in [5.41, 5.74) is 1.29. The summed E-state index contributed by atoms with van der Waals surface area (Å²) in [6, 6.07) is 9.63. The van der Waals surface area contributed by atoms with Crippen molar-refractivity contribution in [1.82, 2.24) is 15.5 Å². The van der Waals surface area contributed by atoms with Gasteiger partial charge < -0.3 is 20.4 Å². The Kier molecular flexibility index (Phi) is 8.96. The average Bonchev–Trinajstić information content (AvgIpc) is 3.23. The van der Waals surface area contributed by atoms with Crippen LogP contribution in [0.2, 0.25) is 0 Å². The molecular formula is C19H31BrIN5. The highest BCUT2D eigenvalue weighted by Gasteiger charge is 2.24. The predicted molar refractivity (Wildman–Crippen MR) is 125 cm³/mol. The topological polar surface area (TPSA) is 42.9 Å². The van der Waals surface area contributed by atoms with Gasteiger partial charge in [-0.05, 0) is 64.0 Å². The molecule has 0 aliphatic carbocycles. The zero-order chi connectivity index (χ0) is 17.6. The second kappa shape index (κ2) is 10.7. The number of halogens is 2. The van der Waals surface area contributed by atoms with E-state index in [1.54, 1.807) is 0 Å². The molecule has 2 saturated heterocycles. The minimum absolute atomic E-state index is 0. The molecule has 0 aromatic heterocycles. The Morgan fingerprint density at radius 3 is 2.65 bits per heavy atom. The zero-order valence-corrected chi connectivity index (χ0v) is 19.7. The number of likely N-dealkylation sites (tertiary alicyclic amines) is 1. The van der Waals surface area contributed by atoms with Gasteiger partial charge >= 0.3 is 0 Å². The van der Waals surface area contributed by atoms with Crippen LogP contribution in [-0.4, -0.2) is 62.7 Å². The normalized spacial score (nSPS) is 23.8. The lowest BCUT2D eigenvalue weighted by molar-refractivity contribution is 0.317. The first kappa shape index (κ1) is 21.8. The fraction of sp³-hybridized carbons (Fsp3) is 0.632. The van der Waals surface area contributed by atoms with E-state index in [1.165, 1.54) is 25.1 Å². The minimum atomic E-state index is 0. The van der Waals surface area contributed by atoms with E-state index in [-0.39, 0.29) is 24.0 Å². The number of benzene rings is 1. The number of rotatable bonds is 5. The molecule has 1 aromatic carbocycles. The summed E-state index contributed by atoms with van der Waals surface area (Å²) in [7, 11) is 2.21. The van der Waals surface area contributed by atoms with Crippen molar-refractivity contribution in [2.45, 2.75) is 38.3 Å². The lowest BCUT2D eigenvalue weighted by Gasteiger charge is -2.21. The molecule has 2 fully saturated rings. The number of hydrogen-bond acceptors (Lipinski definition) is 3. The highest BCUT2D eigenvalue weighted by Crippen LogP contribution is 2.22. The van der Waals surface area contributed by atoms with Gasteiger partial charge in [0, 0.05) is 41.9 Å². The predicted octanol–water partition coefficient (Wildman–Crippen LogP) is 3.30. The third kappa shape index (κ3) is 5.99. The van der Waals surface area contributed by atoms with Crippen LogP contribution in [0.5, 0.6) is 0 Å². The van der Waals surface area contributed by atoms with E-state index in [1.807, 2.05) is 0 Å². The Bertz CT molecular complexity index is 580. The van der Waals surface area contributed by atoms with Crippen LogP contribution in [0.25, 0.3) is 0 Å². The average molecular weight is 536 g/mol. The Morgan fingerprint density at radius 1 is 1.23 bits per heavy atom. The molecule has 5 nitrogen and oxygen atoms in total. The number of anilines is 1. The third-order valence-corrected chi connectivity index (χ3v) is 5.73. The van der Waals surface area contributed by atoms with Gasteiger partial charge in [-0.2, -0.15) is 0 Å². The highest BCUT2D eigenvalue weighted by molar-refractivity contribution is 14.0. The first-order valence-electron chi connectivity index (χ1n) is 9.41. The monoisotopic (exact) mass is 535 g/mol. The number of hydrogen-bond donors (Lipinski definition) is 2. The van der Waals surface area contributed by atoms with Crippen LogP contribution >= 0.6 is 39.9 Å². The molecule has 2 heterocycles. The molecule has 7 heteroatoms. The largest absolute Gasteiger partial charge is 0.369 e. The molecule has 2 aliphatic rings. The summed E-state index contributed by atoms with van der Waals surface area (Å²) in [5, 5.41) is 7.04. The highest BCUT2D eigenvalue weighted by atomic mass is 127. The van der Waals surface area contributed by atoms with Crippen molar-refractivity contribution < 1.29 is 0 Å². The van der Waals surface area contributed by atoms with E-state index in [0.717, 1.165) is 43.0 Å². The van der Waals surface area contributed by atoms with Crippen LogP contribution in [0.15, 0.2) is 33.7 Å². The standard InChI is InChI=1S/C19H30BrN5.HI/c1-3-21-19(22-13-18-5-4-11-24(18)2)23-16-10-12-25(14-16)17-8-6-15(20)7-9-17;/h6-9,16,18H,3-5,10-14H2,1-2H3,(H2,21,22,23);1H. The number of likely N-dealkylation sites (N-methyl/N-ethyl adjacent to an activating group) is 1. The lowest BCUT2D eigenvalue weighted by atomic mass is 10.2. The van der Waals surface area contributed by atoms with E-state index < -0.39 is 0 Å². The molecule has 0 amide bonds. The van der Waals surface area contributed by atoms with Gasteiger partial charge in [0.2, 0.25) is 0 Å². The fourth-order valence-electron chi connectivity index (χ4n) is 3.68. The van der Waals surface area contributed by atoms with Crippen LogP contribution in [0, 0.1) is 0 Å². The molecule has 2 N–H and O–H groups in total. The molecule has 0 saturated carbocycles. The van der Waals surface area contributed by atoms with Crippen LogP contribution in [0.3, 0.4) is 0 Å². The Labute approximate surface area is 183 Å². The first-order valence-corrected chi connectivity index (χ1v) is 10.2. The van der Waals surface area contributed by atoms with E-state index in [9.17, 15) is 0 Å². The lowest BCUT2D eigenvalue weighted by Crippen LogP contribution is -2.45. The van der Waals surface area contributed by atoms with Gasteiger partial charge in [0.1, 0.15) is 0 Å². The number of aliphatic imine (C=N–C) groups is 1. The minimum Gasteiger partial charge on any atom is -0.369 e. The van der Waals surface area contributed by atoms with E-state index in [0.29, 0.717) is 12.1 Å². The van der Waals surface area contributed by atoms with Crippen molar-refractivity contribution in [2.75, 3.05) is 44.7 Å². The number of nitrogens with zero attached hydrogens (tertiary/aromatic N) is 3. The van der Waals surface area contributed by atoms with Gasteiger partial charge in [-0.15, -0.1) is 24.0 Å². The van der Waals surface area contributed by atoms with Crippen molar-refractivity contribution in [3.63, 3.8) is 0 Å². The maximum atomic E-state index is 4.85. The second-order valence-electron chi connectivity index (χ2n) is 7.05. The maximum Gasteiger partial charge on any atom is 0.191 e. The molecule has 146 valence electrons. The third-order valence-electron chi connectivity index (χ3n) is 5.20. The van der Waals surface area contributed by atoms with E-state index >= 15 is 0 Å². The van der Waals surface area contributed by atoms with Crippen molar-refractivity contribution in [1.29, 1.82) is 0 Å². The van der Waals surface area contributed by atoms with E-state index in [4.69, 9.17) is 4.99 Å². The molecule has 0 bridgehead atoms. The summed E-state index contributed by atoms with van der Waals surface area (Å²) >= 11 is 3.51. The molecule has 2 aliphatic heterocycles. The molecule has 1 aromatic rings. The first-order chi connectivity index (χ1) is 12.2. The van der Waals surface area contributed by atoms with Crippen LogP contribution < -0.4 is 15.5 Å². The van der Waals surface area contributed by atoms with Gasteiger partial charge in [0.05, 0.1) is 6.54 Å². The molecule has 2 unspecified atom stereocenters. The summed E-state index contributed by atoms with van der Waals surface area (Å²) in [6.07, 6.45) is 3.70. The molecule has 26 heavy (non-hydrogen) atoms. The molecule has 3 rings (SSSR count). The van der Waals surface area contributed by atoms with Crippen LogP contribution in [-0.2, 0) is 0 Å². The van der Waals surface area contributed by atoms with Crippen molar-refractivity contribution in [2.24, 2.45) is 4.99 Å². The molecule has 0 radical (unpaired) electrons. The quantitative estimate of drug-likeness (QED) is 0.345. The zero-order valence-electron chi connectivity index (χ0n) is 15.7. The van der Waals surface area contributed by atoms with Gasteiger partial charge in [0.15, 0.2) is 5.96 Å². The fourth-order valence-corrected chi connectivity index (χ4v) is 3.95.